The van der Waals surface area contributed by atoms with Gasteiger partial charge in [0, 0.05) is 12.8 Å². The van der Waals surface area contributed by atoms with Crippen molar-refractivity contribution < 1.29 is 14.3 Å². The number of fused-ring (bicyclic) bond motifs is 1. The van der Waals surface area contributed by atoms with Crippen molar-refractivity contribution in [1.82, 2.24) is 9.55 Å². The lowest BCUT2D eigenvalue weighted by Gasteiger charge is -2.16. The fourth-order valence-electron chi connectivity index (χ4n) is 4.22. The fraction of sp³-hybridized carbons (Fsp3) is 0.375. The van der Waals surface area contributed by atoms with Gasteiger partial charge in [-0.3, -0.25) is 14.2 Å². The predicted octanol–water partition coefficient (Wildman–Crippen LogP) is 4.29. The molecule has 1 saturated carbocycles. The van der Waals surface area contributed by atoms with Crippen molar-refractivity contribution in [3.05, 3.63) is 64.5 Å². The molecule has 1 aliphatic heterocycles. The Morgan fingerprint density at radius 2 is 1.85 bits per heavy atom. The summed E-state index contributed by atoms with van der Waals surface area (Å²) >= 11 is 0. The van der Waals surface area contributed by atoms with Gasteiger partial charge in [0.05, 0.1) is 34.9 Å². The lowest BCUT2D eigenvalue weighted by molar-refractivity contribution is -0.137. The van der Waals surface area contributed by atoms with Crippen LogP contribution >= 0.6 is 0 Å². The third-order valence-electron chi connectivity index (χ3n) is 6.18. The molecule has 3 aromatic rings. The molecule has 0 radical (unpaired) electrons. The smallest absolute Gasteiger partial charge is 0.303 e. The molecule has 5 rings (SSSR count). The van der Waals surface area contributed by atoms with E-state index in [2.05, 4.69) is 10.3 Å². The summed E-state index contributed by atoms with van der Waals surface area (Å²) in [5.74, 6) is -0.109. The number of benzene rings is 2. The first kappa shape index (κ1) is 21.2. The van der Waals surface area contributed by atoms with E-state index in [0.29, 0.717) is 47.6 Å². The number of carboxylic acids is 1. The molecule has 2 aliphatic rings. The molecule has 1 atom stereocenters. The molecule has 1 aliphatic carbocycles. The van der Waals surface area contributed by atoms with Gasteiger partial charge in [-0.2, -0.15) is 5.11 Å². The molecule has 0 saturated heterocycles. The number of carboxylic acid groups (broad SMARTS) is 1. The number of nitrogens with zero attached hydrogens (tertiary/aromatic N) is 5. The molecule has 1 N–H and O–H groups in total. The summed E-state index contributed by atoms with van der Waals surface area (Å²) in [6.45, 7) is 0.727. The molecule has 0 spiro atoms. The second-order valence-electron chi connectivity index (χ2n) is 8.64. The number of halogens is 1. The van der Waals surface area contributed by atoms with Crippen LogP contribution in [0.3, 0.4) is 0 Å². The summed E-state index contributed by atoms with van der Waals surface area (Å²) in [7, 11) is 0. The Hall–Kier alpha value is -3.62. The summed E-state index contributed by atoms with van der Waals surface area (Å²) in [4.78, 5) is 29.1. The zero-order valence-electron chi connectivity index (χ0n) is 18.0. The van der Waals surface area contributed by atoms with Crippen LogP contribution in [-0.2, 0) is 11.2 Å². The zero-order valence-corrected chi connectivity index (χ0v) is 18.0. The van der Waals surface area contributed by atoms with E-state index in [9.17, 15) is 14.0 Å². The van der Waals surface area contributed by atoms with Gasteiger partial charge in [-0.15, -0.1) is 0 Å². The van der Waals surface area contributed by atoms with Crippen LogP contribution in [-0.4, -0.2) is 33.2 Å². The minimum Gasteiger partial charge on any atom is -0.481 e. The van der Waals surface area contributed by atoms with Crippen LogP contribution in [0.4, 0.5) is 10.1 Å². The highest BCUT2D eigenvalue weighted by molar-refractivity contribution is 5.82. The molecule has 2 heterocycles. The van der Waals surface area contributed by atoms with Gasteiger partial charge in [0.15, 0.2) is 0 Å². The number of aliphatic carboxylic acids is 1. The van der Waals surface area contributed by atoms with Crippen LogP contribution < -0.4 is 10.6 Å². The second-order valence-corrected chi connectivity index (χ2v) is 8.64. The van der Waals surface area contributed by atoms with Gasteiger partial charge in [-0.1, -0.05) is 5.22 Å². The quantitative estimate of drug-likeness (QED) is 0.517. The van der Waals surface area contributed by atoms with Crippen molar-refractivity contribution in [1.29, 1.82) is 0 Å². The number of rotatable bonds is 8. The minimum absolute atomic E-state index is 0.0562. The normalized spacial score (nSPS) is 17.7. The lowest BCUT2D eigenvalue weighted by Crippen LogP contribution is -2.25. The summed E-state index contributed by atoms with van der Waals surface area (Å²) in [5.41, 5.74) is 1.66. The molecule has 1 aromatic heterocycles. The maximum atomic E-state index is 13.5. The van der Waals surface area contributed by atoms with Crippen LogP contribution in [0.25, 0.3) is 16.6 Å². The molecule has 9 heteroatoms. The lowest BCUT2D eigenvalue weighted by atomic mass is 10.1. The van der Waals surface area contributed by atoms with Crippen molar-refractivity contribution in [2.45, 2.75) is 44.6 Å². The number of aromatic nitrogens is 2. The summed E-state index contributed by atoms with van der Waals surface area (Å²) in [5, 5.41) is 19.9. The minimum atomic E-state index is -0.855. The Labute approximate surface area is 189 Å². The first-order chi connectivity index (χ1) is 16.0. The predicted molar refractivity (Wildman–Crippen MR) is 121 cm³/mol. The SMILES string of the molecule is O=C(O)CCCCc1nc2cc(N3C[C@@H](C4CC4)N=N3)ccc2c(=O)n1-c1ccc(F)cc1. The molecule has 8 nitrogen and oxygen atoms in total. The van der Waals surface area contributed by atoms with Gasteiger partial charge in [-0.05, 0) is 74.1 Å². The first-order valence-corrected chi connectivity index (χ1v) is 11.2. The fourth-order valence-corrected chi connectivity index (χ4v) is 4.22. The van der Waals surface area contributed by atoms with Crippen molar-refractivity contribution in [2.24, 2.45) is 16.3 Å². The number of carbonyl (C=O) groups is 1. The van der Waals surface area contributed by atoms with Crippen LogP contribution in [0, 0.1) is 11.7 Å². The molecular formula is C24H24FN5O3. The highest BCUT2D eigenvalue weighted by Crippen LogP contribution is 2.38. The van der Waals surface area contributed by atoms with Gasteiger partial charge >= 0.3 is 5.97 Å². The average molecular weight is 449 g/mol. The number of unbranched alkanes of at least 4 members (excludes halogenated alkanes) is 1. The highest BCUT2D eigenvalue weighted by atomic mass is 19.1. The largest absolute Gasteiger partial charge is 0.481 e. The van der Waals surface area contributed by atoms with E-state index >= 15 is 0 Å². The Morgan fingerprint density at radius 1 is 1.09 bits per heavy atom. The Bertz CT molecular complexity index is 1280. The maximum absolute atomic E-state index is 13.5. The van der Waals surface area contributed by atoms with E-state index < -0.39 is 11.8 Å². The van der Waals surface area contributed by atoms with E-state index in [1.807, 2.05) is 17.1 Å². The Kier molecular flexibility index (Phi) is 5.62. The molecule has 0 unspecified atom stereocenters. The van der Waals surface area contributed by atoms with Crippen LogP contribution in [0.15, 0.2) is 57.6 Å². The molecule has 170 valence electrons. The third-order valence-corrected chi connectivity index (χ3v) is 6.18. The number of anilines is 1. The zero-order chi connectivity index (χ0) is 22.9. The standard InChI is InChI=1S/C24H24FN5O3/c25-16-7-9-17(10-8-16)30-22(3-1-2-4-23(31)32)26-20-13-18(11-12-19(20)24(30)33)29-14-21(27-28-29)15-5-6-15/h7-13,15,21H,1-6,14H2,(H,31,32)/t21-/m0/s1. The van der Waals surface area contributed by atoms with Crippen molar-refractivity contribution >= 4 is 22.6 Å². The van der Waals surface area contributed by atoms with Gasteiger partial charge in [0.1, 0.15) is 11.6 Å². The van der Waals surface area contributed by atoms with Crippen LogP contribution in [0.5, 0.6) is 0 Å². The van der Waals surface area contributed by atoms with Crippen molar-refractivity contribution in [3.63, 3.8) is 0 Å². The Balaban J connectivity index is 1.51. The summed E-state index contributed by atoms with van der Waals surface area (Å²) < 4.78 is 15.0. The average Bonchev–Trinajstić information content (AvgIpc) is 3.54. The number of hydrogen-bond acceptors (Lipinski definition) is 6. The van der Waals surface area contributed by atoms with Gasteiger partial charge in [0.25, 0.3) is 5.56 Å². The topological polar surface area (TPSA) is 100 Å². The van der Waals surface area contributed by atoms with Crippen LogP contribution in [0.2, 0.25) is 0 Å². The molecule has 1 fully saturated rings. The number of hydrogen-bond donors (Lipinski definition) is 1. The molecule has 0 bridgehead atoms. The molecular weight excluding hydrogens is 425 g/mol. The summed E-state index contributed by atoms with van der Waals surface area (Å²) in [6, 6.07) is 11.4. The van der Waals surface area contributed by atoms with E-state index in [1.54, 1.807) is 18.2 Å². The molecule has 2 aromatic carbocycles. The summed E-state index contributed by atoms with van der Waals surface area (Å²) in [6.07, 6.45) is 3.92. The highest BCUT2D eigenvalue weighted by Gasteiger charge is 2.35. The van der Waals surface area contributed by atoms with E-state index in [1.165, 1.54) is 29.5 Å². The monoisotopic (exact) mass is 449 g/mol. The van der Waals surface area contributed by atoms with E-state index in [-0.39, 0.29) is 18.0 Å². The van der Waals surface area contributed by atoms with Gasteiger partial charge in [0.2, 0.25) is 0 Å². The molecule has 33 heavy (non-hydrogen) atoms. The van der Waals surface area contributed by atoms with Crippen molar-refractivity contribution in [3.8, 4) is 5.69 Å². The van der Waals surface area contributed by atoms with E-state index in [0.717, 1.165) is 12.2 Å². The van der Waals surface area contributed by atoms with Gasteiger partial charge < -0.3 is 5.11 Å². The second kappa shape index (κ2) is 8.73. The Morgan fingerprint density at radius 3 is 2.58 bits per heavy atom. The van der Waals surface area contributed by atoms with Crippen LogP contribution in [0.1, 0.15) is 37.9 Å². The van der Waals surface area contributed by atoms with Crippen molar-refractivity contribution in [2.75, 3.05) is 11.6 Å². The maximum Gasteiger partial charge on any atom is 0.303 e. The first-order valence-electron chi connectivity index (χ1n) is 11.2. The van der Waals surface area contributed by atoms with Gasteiger partial charge in [-0.25, -0.2) is 14.4 Å². The van der Waals surface area contributed by atoms with E-state index in [4.69, 9.17) is 10.1 Å². The molecule has 0 amide bonds. The number of aryl methyl sites for hydroxylation is 1. The third kappa shape index (κ3) is 4.48.